The van der Waals surface area contributed by atoms with Crippen LogP contribution >= 0.6 is 0 Å². The number of carbonyl (C=O) groups excluding carboxylic acids is 1. The van der Waals surface area contributed by atoms with Gasteiger partial charge in [0.05, 0.1) is 7.11 Å². The third-order valence-corrected chi connectivity index (χ3v) is 2.76. The molecule has 0 radical (unpaired) electrons. The minimum Gasteiger partial charge on any atom is -0.469 e. The number of esters is 1. The molecule has 19 heavy (non-hydrogen) atoms. The summed E-state index contributed by atoms with van der Waals surface area (Å²) in [7, 11) is 1.42. The van der Waals surface area contributed by atoms with Gasteiger partial charge in [0.15, 0.2) is 0 Å². The summed E-state index contributed by atoms with van der Waals surface area (Å²) in [5.74, 6) is -0.145. The molecule has 0 bridgehead atoms. The smallest absolute Gasteiger partial charge is 0.305 e. The lowest BCUT2D eigenvalue weighted by Crippen LogP contribution is -1.97. The highest BCUT2D eigenvalue weighted by molar-refractivity contribution is 5.69. The summed E-state index contributed by atoms with van der Waals surface area (Å²) in [6.07, 6.45) is 21.3. The molecule has 0 aromatic carbocycles. The highest BCUT2D eigenvalue weighted by Gasteiger charge is 1.94. The maximum atomic E-state index is 10.8. The molecule has 0 amide bonds. The van der Waals surface area contributed by atoms with Crippen molar-refractivity contribution in [3.8, 4) is 0 Å². The summed E-state index contributed by atoms with van der Waals surface area (Å²) in [5.41, 5.74) is 0. The monoisotopic (exact) mass is 264 g/mol. The third-order valence-electron chi connectivity index (χ3n) is 2.76. The van der Waals surface area contributed by atoms with Crippen LogP contribution in [0.1, 0.15) is 58.3 Å². The van der Waals surface area contributed by atoms with Gasteiger partial charge in [-0.05, 0) is 32.1 Å². The van der Waals surface area contributed by atoms with Crippen LogP contribution in [0.3, 0.4) is 0 Å². The van der Waals surface area contributed by atoms with E-state index in [1.54, 1.807) is 0 Å². The molecule has 2 nitrogen and oxygen atoms in total. The lowest BCUT2D eigenvalue weighted by atomic mass is 10.2. The zero-order valence-electron chi connectivity index (χ0n) is 12.4. The predicted octanol–water partition coefficient (Wildman–Crippen LogP) is 4.97. The maximum Gasteiger partial charge on any atom is 0.305 e. The average Bonchev–Trinajstić information content (AvgIpc) is 2.43. The molecule has 0 spiro atoms. The van der Waals surface area contributed by atoms with Crippen LogP contribution in [0.5, 0.6) is 0 Å². The maximum absolute atomic E-state index is 10.8. The number of methoxy groups -OCH3 is 1. The quantitative estimate of drug-likeness (QED) is 0.299. The molecule has 0 heterocycles. The van der Waals surface area contributed by atoms with Crippen molar-refractivity contribution in [1.29, 1.82) is 0 Å². The molecular weight excluding hydrogens is 236 g/mol. The minimum absolute atomic E-state index is 0.145. The fourth-order valence-corrected chi connectivity index (χ4v) is 1.59. The van der Waals surface area contributed by atoms with Crippen molar-refractivity contribution in [2.75, 3.05) is 7.11 Å². The second-order valence-corrected chi connectivity index (χ2v) is 4.50. The van der Waals surface area contributed by atoms with Gasteiger partial charge in [-0.1, -0.05) is 56.2 Å². The molecule has 0 fully saturated rings. The number of unbranched alkanes of at least 4 members (excludes halogenated alkanes) is 3. The molecule has 0 N–H and O–H groups in total. The summed E-state index contributed by atoms with van der Waals surface area (Å²) in [5, 5.41) is 0. The Bertz CT molecular complexity index is 288. The molecule has 108 valence electrons. The number of ether oxygens (including phenoxy) is 1. The SMILES string of the molecule is CCCCC/C=C/C/C=C/C/C=C/CCC(=O)OC. The second-order valence-electron chi connectivity index (χ2n) is 4.50. The molecule has 0 aromatic heterocycles. The van der Waals surface area contributed by atoms with Gasteiger partial charge in [-0.15, -0.1) is 0 Å². The van der Waals surface area contributed by atoms with Crippen LogP contribution in [-0.4, -0.2) is 13.1 Å². The molecule has 2 heteroatoms. The van der Waals surface area contributed by atoms with Gasteiger partial charge in [0.2, 0.25) is 0 Å². The van der Waals surface area contributed by atoms with Crippen LogP contribution in [0.15, 0.2) is 36.5 Å². The van der Waals surface area contributed by atoms with Crippen LogP contribution in [0, 0.1) is 0 Å². The molecular formula is C17H28O2. The van der Waals surface area contributed by atoms with E-state index in [1.807, 2.05) is 6.08 Å². The average molecular weight is 264 g/mol. The van der Waals surface area contributed by atoms with Gasteiger partial charge in [-0.2, -0.15) is 0 Å². The number of hydrogen-bond acceptors (Lipinski definition) is 2. The van der Waals surface area contributed by atoms with Gasteiger partial charge < -0.3 is 4.74 Å². The number of rotatable bonds is 11. The largest absolute Gasteiger partial charge is 0.469 e. The molecule has 0 atom stereocenters. The zero-order chi connectivity index (χ0) is 14.2. The Morgan fingerprint density at radius 1 is 0.895 bits per heavy atom. The first kappa shape index (κ1) is 17.7. The lowest BCUT2D eigenvalue weighted by molar-refractivity contribution is -0.140. The Hall–Kier alpha value is -1.31. The van der Waals surface area contributed by atoms with Gasteiger partial charge in [0.25, 0.3) is 0 Å². The molecule has 0 unspecified atom stereocenters. The first-order valence-electron chi connectivity index (χ1n) is 7.33. The topological polar surface area (TPSA) is 26.3 Å². The van der Waals surface area contributed by atoms with E-state index in [0.29, 0.717) is 6.42 Å². The molecule has 0 saturated heterocycles. The Labute approximate surface area is 118 Å². The van der Waals surface area contributed by atoms with Crippen LogP contribution in [0.4, 0.5) is 0 Å². The normalized spacial score (nSPS) is 11.9. The van der Waals surface area contributed by atoms with Crippen molar-refractivity contribution < 1.29 is 9.53 Å². The number of hydrogen-bond donors (Lipinski definition) is 0. The van der Waals surface area contributed by atoms with E-state index in [4.69, 9.17) is 0 Å². The van der Waals surface area contributed by atoms with Gasteiger partial charge in [-0.3, -0.25) is 4.79 Å². The first-order chi connectivity index (χ1) is 9.31. The molecule has 0 saturated carbocycles. The summed E-state index contributed by atoms with van der Waals surface area (Å²) in [6.45, 7) is 2.23. The fraction of sp³-hybridized carbons (Fsp3) is 0.588. The third kappa shape index (κ3) is 14.6. The summed E-state index contributed by atoms with van der Waals surface area (Å²) in [6, 6.07) is 0. The van der Waals surface area contributed by atoms with E-state index in [9.17, 15) is 4.79 Å². The van der Waals surface area contributed by atoms with E-state index >= 15 is 0 Å². The van der Waals surface area contributed by atoms with Crippen LogP contribution in [0.2, 0.25) is 0 Å². The van der Waals surface area contributed by atoms with E-state index < -0.39 is 0 Å². The van der Waals surface area contributed by atoms with Crippen LogP contribution in [0.25, 0.3) is 0 Å². The Morgan fingerprint density at radius 3 is 2.05 bits per heavy atom. The number of allylic oxidation sites excluding steroid dienone is 6. The lowest BCUT2D eigenvalue weighted by Gasteiger charge is -1.93. The van der Waals surface area contributed by atoms with Gasteiger partial charge >= 0.3 is 5.97 Å². The summed E-state index contributed by atoms with van der Waals surface area (Å²) < 4.78 is 4.56. The van der Waals surface area contributed by atoms with E-state index in [1.165, 1.54) is 32.8 Å². The van der Waals surface area contributed by atoms with E-state index in [0.717, 1.165) is 19.3 Å². The molecule has 0 aliphatic rings. The highest BCUT2D eigenvalue weighted by Crippen LogP contribution is 2.01. The van der Waals surface area contributed by atoms with Crippen molar-refractivity contribution in [2.24, 2.45) is 0 Å². The van der Waals surface area contributed by atoms with Crippen LogP contribution < -0.4 is 0 Å². The fourth-order valence-electron chi connectivity index (χ4n) is 1.59. The van der Waals surface area contributed by atoms with Crippen molar-refractivity contribution in [1.82, 2.24) is 0 Å². The molecule has 0 aromatic rings. The standard InChI is InChI=1S/C17H28O2/c1-3-4-5-6-7-8-9-10-11-12-13-14-15-16-17(18)19-2/h7-8,10-11,13-14H,3-6,9,12,15-16H2,1-2H3/b8-7+,11-10+,14-13+. The summed E-state index contributed by atoms with van der Waals surface area (Å²) in [4.78, 5) is 10.8. The van der Waals surface area contributed by atoms with E-state index in [-0.39, 0.29) is 5.97 Å². The van der Waals surface area contributed by atoms with Crippen molar-refractivity contribution in [2.45, 2.75) is 58.3 Å². The molecule has 0 aliphatic heterocycles. The molecule has 0 aliphatic carbocycles. The van der Waals surface area contributed by atoms with Crippen molar-refractivity contribution >= 4 is 5.97 Å². The Kier molecular flexibility index (Phi) is 13.7. The summed E-state index contributed by atoms with van der Waals surface area (Å²) >= 11 is 0. The van der Waals surface area contributed by atoms with E-state index in [2.05, 4.69) is 42.0 Å². The van der Waals surface area contributed by atoms with Crippen molar-refractivity contribution in [3.05, 3.63) is 36.5 Å². The predicted molar refractivity (Wildman–Crippen MR) is 82.0 cm³/mol. The van der Waals surface area contributed by atoms with Crippen LogP contribution in [-0.2, 0) is 9.53 Å². The van der Waals surface area contributed by atoms with Gasteiger partial charge in [-0.25, -0.2) is 0 Å². The number of carbonyl (C=O) groups is 1. The van der Waals surface area contributed by atoms with Crippen molar-refractivity contribution in [3.63, 3.8) is 0 Å². The molecule has 0 rings (SSSR count). The Balaban J connectivity index is 3.38. The first-order valence-corrected chi connectivity index (χ1v) is 7.33. The highest BCUT2D eigenvalue weighted by atomic mass is 16.5. The Morgan fingerprint density at radius 2 is 1.47 bits per heavy atom. The van der Waals surface area contributed by atoms with Gasteiger partial charge in [0, 0.05) is 6.42 Å². The minimum atomic E-state index is -0.145. The zero-order valence-corrected chi connectivity index (χ0v) is 12.4. The second kappa shape index (κ2) is 14.7. The van der Waals surface area contributed by atoms with Gasteiger partial charge in [0.1, 0.15) is 0 Å².